The Morgan fingerprint density at radius 2 is 1.93 bits per heavy atom. The summed E-state index contributed by atoms with van der Waals surface area (Å²) < 4.78 is 14.0. The molecule has 3 aliphatic carbocycles. The van der Waals surface area contributed by atoms with Crippen molar-refractivity contribution < 1.29 is 24.2 Å². The predicted molar refractivity (Wildman–Crippen MR) is 149 cm³/mol. The van der Waals surface area contributed by atoms with E-state index in [2.05, 4.69) is 33.1 Å². The van der Waals surface area contributed by atoms with E-state index >= 15 is 0 Å². The summed E-state index contributed by atoms with van der Waals surface area (Å²) in [6.07, 6.45) is 17.6. The van der Waals surface area contributed by atoms with Crippen LogP contribution in [-0.2, 0) is 19.1 Å². The molecule has 2 N–H and O–H groups in total. The monoisotopic (exact) mass is 551 g/mol. The Morgan fingerprint density at radius 3 is 2.60 bits per heavy atom. The standard InChI is InChI=1S/C30H41N5O5/c1-4-6-7-8-9-10-23(37)34-26-25-27(33-20(3)32-26)35(19-31-25)24-17-22(30(5-2,18-36)40-24)39-28(38)29-14-11-21(12-15-29)13-16-29/h2,19,21-22,24,36H,4,6-18H2,1,3H3,(H,32,33,34,37)/t21?,22-,24+,29?,30+/m0/s1. The highest BCUT2D eigenvalue weighted by atomic mass is 16.6. The van der Waals surface area contributed by atoms with Gasteiger partial charge < -0.3 is 19.9 Å². The molecular formula is C30H41N5O5. The summed E-state index contributed by atoms with van der Waals surface area (Å²) >= 11 is 0. The van der Waals surface area contributed by atoms with Gasteiger partial charge in [0.25, 0.3) is 0 Å². The number of nitrogens with one attached hydrogen (secondary N) is 1. The predicted octanol–water partition coefficient (Wildman–Crippen LogP) is 4.60. The van der Waals surface area contributed by atoms with Crippen LogP contribution in [0.25, 0.3) is 11.2 Å². The second-order valence-electron chi connectivity index (χ2n) is 11.8. The van der Waals surface area contributed by atoms with E-state index < -0.39 is 30.0 Å². The lowest BCUT2D eigenvalue weighted by molar-refractivity contribution is -0.176. The van der Waals surface area contributed by atoms with Crippen molar-refractivity contribution in [1.29, 1.82) is 0 Å². The maximum absolute atomic E-state index is 13.5. The van der Waals surface area contributed by atoms with Gasteiger partial charge in [-0.05, 0) is 57.8 Å². The van der Waals surface area contributed by atoms with Crippen molar-refractivity contribution in [2.75, 3.05) is 11.9 Å². The van der Waals surface area contributed by atoms with Gasteiger partial charge in [0, 0.05) is 12.8 Å². The topological polar surface area (TPSA) is 128 Å². The average Bonchev–Trinajstić information content (AvgIpc) is 3.55. The average molecular weight is 552 g/mol. The minimum Gasteiger partial charge on any atom is -0.457 e. The number of aliphatic hydroxyl groups is 1. The molecule has 40 heavy (non-hydrogen) atoms. The molecule has 2 aromatic rings. The van der Waals surface area contributed by atoms with Crippen LogP contribution in [0.4, 0.5) is 5.82 Å². The number of esters is 1. The highest BCUT2D eigenvalue weighted by Gasteiger charge is 2.54. The number of amides is 1. The molecule has 2 aromatic heterocycles. The lowest BCUT2D eigenvalue weighted by atomic mass is 9.61. The van der Waals surface area contributed by atoms with Crippen LogP contribution in [0.2, 0.25) is 0 Å². The Kier molecular flexibility index (Phi) is 8.43. The van der Waals surface area contributed by atoms with Crippen molar-refractivity contribution in [2.24, 2.45) is 11.3 Å². The van der Waals surface area contributed by atoms with E-state index in [1.807, 2.05) is 0 Å². The van der Waals surface area contributed by atoms with E-state index in [0.717, 1.165) is 70.1 Å². The molecule has 1 saturated heterocycles. The number of hydrogen-bond donors (Lipinski definition) is 2. The van der Waals surface area contributed by atoms with Gasteiger partial charge in [-0.2, -0.15) is 0 Å². The highest BCUT2D eigenvalue weighted by molar-refractivity contribution is 5.96. The number of ether oxygens (including phenoxy) is 2. The van der Waals surface area contributed by atoms with Gasteiger partial charge in [-0.3, -0.25) is 14.2 Å². The zero-order chi connectivity index (χ0) is 28.3. The first-order valence-electron chi connectivity index (χ1n) is 14.8. The van der Waals surface area contributed by atoms with Crippen LogP contribution < -0.4 is 5.32 Å². The number of carbonyl (C=O) groups is 2. The molecule has 0 radical (unpaired) electrons. The minimum absolute atomic E-state index is 0.114. The maximum atomic E-state index is 13.5. The third-order valence-corrected chi connectivity index (χ3v) is 9.15. The maximum Gasteiger partial charge on any atom is 0.312 e. The summed E-state index contributed by atoms with van der Waals surface area (Å²) in [6.45, 7) is 3.41. The molecule has 4 aliphatic rings. The number of imidazole rings is 1. The normalized spacial score (nSPS) is 29.4. The summed E-state index contributed by atoms with van der Waals surface area (Å²) in [4.78, 5) is 39.6. The molecule has 1 amide bonds. The van der Waals surface area contributed by atoms with Gasteiger partial charge >= 0.3 is 5.97 Å². The fourth-order valence-corrected chi connectivity index (χ4v) is 6.58. The number of aliphatic hydroxyl groups excluding tert-OH is 1. The number of aromatic nitrogens is 4. The second kappa shape index (κ2) is 11.8. The Bertz CT molecular complexity index is 1260. The van der Waals surface area contributed by atoms with Crippen molar-refractivity contribution in [2.45, 2.75) is 115 Å². The number of rotatable bonds is 11. The number of carbonyl (C=O) groups excluding carboxylic acids is 2. The largest absolute Gasteiger partial charge is 0.457 e. The molecule has 216 valence electrons. The third kappa shape index (κ3) is 5.46. The molecule has 10 nitrogen and oxygen atoms in total. The van der Waals surface area contributed by atoms with Crippen LogP contribution in [0, 0.1) is 30.6 Å². The highest BCUT2D eigenvalue weighted by Crippen LogP contribution is 2.52. The Balaban J connectivity index is 1.33. The van der Waals surface area contributed by atoms with E-state index in [1.54, 1.807) is 17.8 Å². The number of anilines is 1. The molecule has 2 bridgehead atoms. The van der Waals surface area contributed by atoms with Gasteiger partial charge in [-0.1, -0.05) is 38.5 Å². The lowest BCUT2D eigenvalue weighted by Crippen LogP contribution is -2.48. The molecule has 10 heteroatoms. The minimum atomic E-state index is -1.48. The molecule has 3 saturated carbocycles. The summed E-state index contributed by atoms with van der Waals surface area (Å²) in [5.74, 6) is 3.75. The van der Waals surface area contributed by atoms with Crippen LogP contribution in [0.5, 0.6) is 0 Å². The van der Waals surface area contributed by atoms with Crippen LogP contribution in [0.3, 0.4) is 0 Å². The van der Waals surface area contributed by atoms with Gasteiger partial charge in [0.1, 0.15) is 18.2 Å². The number of nitrogens with zero attached hydrogens (tertiary/aromatic N) is 4. The Morgan fingerprint density at radius 1 is 1.20 bits per heavy atom. The fourth-order valence-electron chi connectivity index (χ4n) is 6.58. The summed E-state index contributed by atoms with van der Waals surface area (Å²) in [5.41, 5.74) is -1.04. The van der Waals surface area contributed by atoms with Crippen LogP contribution in [0.15, 0.2) is 6.33 Å². The Hall–Kier alpha value is -3.03. The number of unbranched alkanes of at least 4 members (excludes halogenated alkanes) is 4. The van der Waals surface area contributed by atoms with E-state index in [1.165, 1.54) is 6.42 Å². The zero-order valence-corrected chi connectivity index (χ0v) is 23.7. The number of fused-ring (bicyclic) bond motifs is 4. The number of hydrogen-bond acceptors (Lipinski definition) is 8. The van der Waals surface area contributed by atoms with E-state index in [9.17, 15) is 14.7 Å². The van der Waals surface area contributed by atoms with Gasteiger partial charge in [0.2, 0.25) is 5.91 Å². The van der Waals surface area contributed by atoms with E-state index in [4.69, 9.17) is 15.9 Å². The van der Waals surface area contributed by atoms with Gasteiger partial charge in [0.05, 0.1) is 18.3 Å². The summed E-state index contributed by atoms with van der Waals surface area (Å²) in [5, 5.41) is 13.2. The Labute approximate surface area is 235 Å². The summed E-state index contributed by atoms with van der Waals surface area (Å²) in [6, 6.07) is 0. The molecule has 0 unspecified atom stereocenters. The first-order chi connectivity index (χ1) is 19.3. The first kappa shape index (κ1) is 28.5. The SMILES string of the molecule is C#C[C@]1(CO)O[C@@H](n2cnc3c(NC(=O)CCCCCCC)nc(C)nc32)C[C@@H]1OC(=O)C12CCC(CC1)CC2. The van der Waals surface area contributed by atoms with Crippen molar-refractivity contribution in [3.8, 4) is 12.3 Å². The molecule has 6 rings (SSSR count). The molecule has 3 atom stereocenters. The first-order valence-corrected chi connectivity index (χ1v) is 14.8. The zero-order valence-electron chi connectivity index (χ0n) is 23.7. The smallest absolute Gasteiger partial charge is 0.312 e. The molecule has 1 aliphatic heterocycles. The molecular weight excluding hydrogens is 510 g/mol. The molecule has 4 fully saturated rings. The summed E-state index contributed by atoms with van der Waals surface area (Å²) in [7, 11) is 0. The van der Waals surface area contributed by atoms with Gasteiger partial charge in [-0.15, -0.1) is 6.42 Å². The van der Waals surface area contributed by atoms with Crippen molar-refractivity contribution in [3.05, 3.63) is 12.2 Å². The lowest BCUT2D eigenvalue weighted by Gasteiger charge is -2.45. The molecule has 0 aromatic carbocycles. The van der Waals surface area contributed by atoms with E-state index in [-0.39, 0.29) is 18.3 Å². The quantitative estimate of drug-likeness (QED) is 0.236. The van der Waals surface area contributed by atoms with Crippen molar-refractivity contribution in [1.82, 2.24) is 19.5 Å². The van der Waals surface area contributed by atoms with Gasteiger partial charge in [-0.25, -0.2) is 15.0 Å². The van der Waals surface area contributed by atoms with Crippen LogP contribution >= 0.6 is 0 Å². The third-order valence-electron chi connectivity index (χ3n) is 9.15. The molecule has 3 heterocycles. The van der Waals surface area contributed by atoms with Crippen LogP contribution in [-0.4, -0.2) is 54.8 Å². The number of aryl methyl sites for hydroxylation is 1. The van der Waals surface area contributed by atoms with Crippen LogP contribution in [0.1, 0.15) is 102 Å². The van der Waals surface area contributed by atoms with Gasteiger partial charge in [0.15, 0.2) is 22.6 Å². The van der Waals surface area contributed by atoms with Crippen molar-refractivity contribution >= 4 is 28.9 Å². The second-order valence-corrected chi connectivity index (χ2v) is 11.8. The number of terminal acetylenes is 1. The van der Waals surface area contributed by atoms with Crippen molar-refractivity contribution in [3.63, 3.8) is 0 Å². The molecule has 0 spiro atoms. The fraction of sp³-hybridized carbons (Fsp3) is 0.700. The van der Waals surface area contributed by atoms with E-state index in [0.29, 0.717) is 29.2 Å².